The summed E-state index contributed by atoms with van der Waals surface area (Å²) in [4.78, 5) is 17.6. The zero-order chi connectivity index (χ0) is 11.1. The largest absolute Gasteiger partial charge is 0.369 e. The first kappa shape index (κ1) is 9.71. The predicted octanol–water partition coefficient (Wildman–Crippen LogP) is 0.689. The minimum atomic E-state index is -0.861. The lowest BCUT2D eigenvalue weighted by Gasteiger charge is -2.19. The molecule has 0 fully saturated rings. The lowest BCUT2D eigenvalue weighted by Crippen LogP contribution is -2.38. The Balaban J connectivity index is 2.50. The van der Waals surface area contributed by atoms with Crippen molar-refractivity contribution in [2.24, 2.45) is 10.7 Å². The minimum absolute atomic E-state index is 0.0915. The van der Waals surface area contributed by atoms with Gasteiger partial charge in [-0.2, -0.15) is 0 Å². The second-order valence-electron chi connectivity index (χ2n) is 3.77. The van der Waals surface area contributed by atoms with Gasteiger partial charge < -0.3 is 5.73 Å². The van der Waals surface area contributed by atoms with E-state index in [1.54, 1.807) is 14.0 Å². The molecular formula is C11H13N3O. The van der Waals surface area contributed by atoms with Gasteiger partial charge >= 0.3 is 0 Å². The molecule has 2 rings (SSSR count). The van der Waals surface area contributed by atoms with Gasteiger partial charge in [0.2, 0.25) is 0 Å². The minimum Gasteiger partial charge on any atom is -0.369 e. The van der Waals surface area contributed by atoms with Crippen molar-refractivity contribution in [3.8, 4) is 0 Å². The predicted molar refractivity (Wildman–Crippen MR) is 58.2 cm³/mol. The lowest BCUT2D eigenvalue weighted by molar-refractivity contribution is -0.130. The third kappa shape index (κ3) is 1.29. The van der Waals surface area contributed by atoms with E-state index in [0.717, 1.165) is 5.56 Å². The van der Waals surface area contributed by atoms with E-state index >= 15 is 0 Å². The van der Waals surface area contributed by atoms with Crippen LogP contribution in [0.4, 0.5) is 0 Å². The van der Waals surface area contributed by atoms with Crippen molar-refractivity contribution in [3.05, 3.63) is 35.9 Å². The van der Waals surface area contributed by atoms with Crippen molar-refractivity contribution in [1.29, 1.82) is 0 Å². The fourth-order valence-electron chi connectivity index (χ4n) is 1.73. The fourth-order valence-corrected chi connectivity index (χ4v) is 1.73. The molecule has 0 aliphatic carbocycles. The van der Waals surface area contributed by atoms with Gasteiger partial charge in [0.15, 0.2) is 11.5 Å². The summed E-state index contributed by atoms with van der Waals surface area (Å²) in [6, 6.07) is 9.44. The Hall–Kier alpha value is -1.84. The lowest BCUT2D eigenvalue weighted by atomic mass is 9.92. The summed E-state index contributed by atoms with van der Waals surface area (Å²) >= 11 is 0. The van der Waals surface area contributed by atoms with Gasteiger partial charge in [-0.3, -0.25) is 9.69 Å². The fraction of sp³-hybridized carbons (Fsp3) is 0.273. The summed E-state index contributed by atoms with van der Waals surface area (Å²) in [6.07, 6.45) is 0. The Morgan fingerprint density at radius 1 is 1.33 bits per heavy atom. The van der Waals surface area contributed by atoms with Crippen LogP contribution < -0.4 is 5.73 Å². The molecular weight excluding hydrogens is 190 g/mol. The number of nitrogens with two attached hydrogens (primary N) is 1. The van der Waals surface area contributed by atoms with Crippen LogP contribution in [0.2, 0.25) is 0 Å². The van der Waals surface area contributed by atoms with Crippen LogP contribution in [-0.4, -0.2) is 23.8 Å². The molecule has 0 spiro atoms. The van der Waals surface area contributed by atoms with Crippen molar-refractivity contribution < 1.29 is 4.79 Å². The number of guanidine groups is 1. The van der Waals surface area contributed by atoms with Crippen LogP contribution in [0.15, 0.2) is 35.3 Å². The van der Waals surface area contributed by atoms with Crippen LogP contribution in [0.1, 0.15) is 12.5 Å². The SMILES string of the molecule is CN1C(=O)C(C)(c2ccccc2)N=C1N. The number of carbonyl (C=O) groups is 1. The van der Waals surface area contributed by atoms with Gasteiger partial charge in [0.1, 0.15) is 0 Å². The maximum atomic E-state index is 12.0. The summed E-state index contributed by atoms with van der Waals surface area (Å²) < 4.78 is 0. The van der Waals surface area contributed by atoms with Crippen LogP contribution in [-0.2, 0) is 10.3 Å². The number of amides is 1. The van der Waals surface area contributed by atoms with Crippen molar-refractivity contribution in [2.75, 3.05) is 7.05 Å². The van der Waals surface area contributed by atoms with Crippen LogP contribution in [0, 0.1) is 0 Å². The highest BCUT2D eigenvalue weighted by Crippen LogP contribution is 2.31. The van der Waals surface area contributed by atoms with Gasteiger partial charge in [-0.15, -0.1) is 0 Å². The standard InChI is InChI=1S/C11H13N3O/c1-11(8-6-4-3-5-7-8)9(15)14(2)10(12)13-11/h3-7H,1-2H3,(H2,12,13). The Morgan fingerprint density at radius 3 is 2.40 bits per heavy atom. The first-order valence-corrected chi connectivity index (χ1v) is 4.75. The van der Waals surface area contributed by atoms with E-state index in [0.29, 0.717) is 0 Å². The first-order valence-electron chi connectivity index (χ1n) is 4.75. The Bertz CT molecular complexity index is 427. The third-order valence-electron chi connectivity index (χ3n) is 2.74. The number of nitrogens with zero attached hydrogens (tertiary/aromatic N) is 2. The van der Waals surface area contributed by atoms with Gasteiger partial charge in [-0.05, 0) is 12.5 Å². The molecule has 0 saturated carbocycles. The molecule has 0 saturated heterocycles. The monoisotopic (exact) mass is 203 g/mol. The summed E-state index contributed by atoms with van der Waals surface area (Å²) in [7, 11) is 1.63. The average Bonchev–Trinajstić information content (AvgIpc) is 2.45. The highest BCUT2D eigenvalue weighted by atomic mass is 16.2. The normalized spacial score (nSPS) is 25.6. The van der Waals surface area contributed by atoms with Crippen LogP contribution in [0.3, 0.4) is 0 Å². The molecule has 4 nitrogen and oxygen atoms in total. The number of hydrogen-bond donors (Lipinski definition) is 1. The van der Waals surface area contributed by atoms with E-state index in [-0.39, 0.29) is 11.9 Å². The Labute approximate surface area is 88.4 Å². The third-order valence-corrected chi connectivity index (χ3v) is 2.74. The van der Waals surface area contributed by atoms with Crippen molar-refractivity contribution in [2.45, 2.75) is 12.5 Å². The summed E-state index contributed by atoms with van der Waals surface area (Å²) in [5.74, 6) is 0.178. The zero-order valence-electron chi connectivity index (χ0n) is 8.77. The molecule has 1 unspecified atom stereocenters. The van der Waals surface area contributed by atoms with Gasteiger partial charge in [-0.25, -0.2) is 4.99 Å². The molecule has 1 heterocycles. The summed E-state index contributed by atoms with van der Waals surface area (Å²) in [5, 5.41) is 0. The van der Waals surface area contributed by atoms with Crippen LogP contribution >= 0.6 is 0 Å². The molecule has 1 aliphatic rings. The van der Waals surface area contributed by atoms with Gasteiger partial charge in [-0.1, -0.05) is 30.3 Å². The molecule has 1 aromatic carbocycles. The maximum Gasteiger partial charge on any atom is 0.261 e. The van der Waals surface area contributed by atoms with E-state index in [4.69, 9.17) is 5.73 Å². The quantitative estimate of drug-likeness (QED) is 0.730. The number of carbonyl (C=O) groups excluding carboxylic acids is 1. The summed E-state index contributed by atoms with van der Waals surface area (Å²) in [5.41, 5.74) is 5.64. The molecule has 4 heteroatoms. The van der Waals surface area contributed by atoms with E-state index in [9.17, 15) is 4.79 Å². The Kier molecular flexibility index (Phi) is 2.00. The number of benzene rings is 1. The molecule has 0 radical (unpaired) electrons. The highest BCUT2D eigenvalue weighted by molar-refractivity contribution is 6.06. The van der Waals surface area contributed by atoms with Crippen molar-refractivity contribution in [3.63, 3.8) is 0 Å². The topological polar surface area (TPSA) is 58.7 Å². The molecule has 1 amide bonds. The number of rotatable bonds is 1. The van der Waals surface area contributed by atoms with Crippen molar-refractivity contribution >= 4 is 11.9 Å². The zero-order valence-corrected chi connectivity index (χ0v) is 8.77. The van der Waals surface area contributed by atoms with Crippen LogP contribution in [0.25, 0.3) is 0 Å². The molecule has 1 aliphatic heterocycles. The van der Waals surface area contributed by atoms with E-state index in [2.05, 4.69) is 4.99 Å². The molecule has 1 aromatic rings. The average molecular weight is 203 g/mol. The number of aliphatic imine (C=N–C) groups is 1. The van der Waals surface area contributed by atoms with Gasteiger partial charge in [0.25, 0.3) is 5.91 Å². The van der Waals surface area contributed by atoms with Gasteiger partial charge in [0, 0.05) is 7.05 Å². The number of hydrogen-bond acceptors (Lipinski definition) is 3. The molecule has 0 aromatic heterocycles. The smallest absolute Gasteiger partial charge is 0.261 e. The number of likely N-dealkylation sites (N-methyl/N-ethyl adjacent to an activating group) is 1. The molecule has 1 atom stereocenters. The van der Waals surface area contributed by atoms with E-state index in [1.165, 1.54) is 4.90 Å². The second kappa shape index (κ2) is 3.08. The molecule has 15 heavy (non-hydrogen) atoms. The van der Waals surface area contributed by atoms with Gasteiger partial charge in [0.05, 0.1) is 0 Å². The highest BCUT2D eigenvalue weighted by Gasteiger charge is 2.43. The second-order valence-corrected chi connectivity index (χ2v) is 3.77. The van der Waals surface area contributed by atoms with Crippen LogP contribution in [0.5, 0.6) is 0 Å². The molecule has 2 N–H and O–H groups in total. The Morgan fingerprint density at radius 2 is 1.93 bits per heavy atom. The van der Waals surface area contributed by atoms with E-state index < -0.39 is 5.54 Å². The van der Waals surface area contributed by atoms with Crippen molar-refractivity contribution in [1.82, 2.24) is 4.90 Å². The van der Waals surface area contributed by atoms with E-state index in [1.807, 2.05) is 30.3 Å². The summed E-state index contributed by atoms with van der Waals surface area (Å²) in [6.45, 7) is 1.78. The molecule has 0 bridgehead atoms. The maximum absolute atomic E-state index is 12.0. The first-order chi connectivity index (χ1) is 7.05. The molecule has 78 valence electrons.